The van der Waals surface area contributed by atoms with Gasteiger partial charge < -0.3 is 18.9 Å². The molecule has 0 aromatic heterocycles. The number of benzene rings is 3. The molecule has 0 radical (unpaired) electrons. The number of allylic oxidation sites excluding steroid dienone is 1. The zero-order valence-electron chi connectivity index (χ0n) is 19.3. The number of nitrogens with zero attached hydrogens (tertiary/aromatic N) is 1. The summed E-state index contributed by atoms with van der Waals surface area (Å²) < 4.78 is 22.8. The smallest absolute Gasteiger partial charge is 0.231 e. The minimum absolute atomic E-state index is 0.183. The molecule has 3 aromatic carbocycles. The van der Waals surface area contributed by atoms with E-state index in [1.165, 1.54) is 0 Å². The van der Waals surface area contributed by atoms with Gasteiger partial charge in [0.25, 0.3) is 0 Å². The van der Waals surface area contributed by atoms with E-state index >= 15 is 0 Å². The third-order valence-corrected chi connectivity index (χ3v) is 6.71. The van der Waals surface area contributed by atoms with Gasteiger partial charge in [-0.05, 0) is 60.5 Å². The zero-order chi connectivity index (χ0) is 24.5. The Bertz CT molecular complexity index is 1340. The highest BCUT2D eigenvalue weighted by atomic mass is 35.5. The molecule has 0 aliphatic carbocycles. The summed E-state index contributed by atoms with van der Waals surface area (Å²) in [5.41, 5.74) is 3.08. The van der Waals surface area contributed by atoms with E-state index in [0.29, 0.717) is 51.7 Å². The van der Waals surface area contributed by atoms with Crippen molar-refractivity contribution in [1.82, 2.24) is 4.90 Å². The first-order valence-corrected chi connectivity index (χ1v) is 11.8. The van der Waals surface area contributed by atoms with Crippen LogP contribution in [-0.2, 0) is 13.0 Å². The minimum Gasteiger partial charge on any atom is -0.497 e. The summed E-state index contributed by atoms with van der Waals surface area (Å²) in [6, 6.07) is 14.5. The van der Waals surface area contributed by atoms with Crippen LogP contribution >= 0.6 is 23.2 Å². The lowest BCUT2D eigenvalue weighted by Gasteiger charge is -2.29. The van der Waals surface area contributed by atoms with E-state index in [4.69, 9.17) is 42.1 Å². The van der Waals surface area contributed by atoms with Gasteiger partial charge in [-0.1, -0.05) is 29.3 Å². The van der Waals surface area contributed by atoms with Crippen molar-refractivity contribution in [2.75, 3.05) is 27.5 Å². The van der Waals surface area contributed by atoms with Gasteiger partial charge in [-0.2, -0.15) is 0 Å². The van der Waals surface area contributed by atoms with Crippen molar-refractivity contribution >= 4 is 35.1 Å². The molecule has 0 spiro atoms. The molecule has 2 aliphatic rings. The Balaban J connectivity index is 1.38. The molecule has 35 heavy (non-hydrogen) atoms. The van der Waals surface area contributed by atoms with Gasteiger partial charge in [-0.15, -0.1) is 0 Å². The lowest BCUT2D eigenvalue weighted by molar-refractivity contribution is 0.0950. The summed E-state index contributed by atoms with van der Waals surface area (Å²) in [5.74, 6) is 2.57. The molecule has 0 amide bonds. The third kappa shape index (κ3) is 4.69. The number of carbonyl (C=O) groups excluding carboxylic acids is 1. The normalized spacial score (nSPS) is 15.9. The molecule has 0 fully saturated rings. The van der Waals surface area contributed by atoms with Gasteiger partial charge in [0.2, 0.25) is 5.78 Å². The summed E-state index contributed by atoms with van der Waals surface area (Å²) in [7, 11) is 3.17. The average molecular weight is 512 g/mol. The van der Waals surface area contributed by atoms with E-state index in [1.807, 2.05) is 18.2 Å². The van der Waals surface area contributed by atoms with Crippen LogP contribution in [0.5, 0.6) is 23.0 Å². The molecule has 6 nitrogen and oxygen atoms in total. The Morgan fingerprint density at radius 3 is 2.69 bits per heavy atom. The van der Waals surface area contributed by atoms with E-state index in [-0.39, 0.29) is 11.5 Å². The fourth-order valence-electron chi connectivity index (χ4n) is 4.24. The number of methoxy groups -OCH3 is 2. The highest BCUT2D eigenvalue weighted by Gasteiger charge is 2.33. The fourth-order valence-corrected chi connectivity index (χ4v) is 4.75. The number of ether oxygens (including phenoxy) is 4. The number of halogens is 2. The van der Waals surface area contributed by atoms with Crippen LogP contribution in [0, 0.1) is 0 Å². The van der Waals surface area contributed by atoms with Crippen LogP contribution in [0.25, 0.3) is 6.08 Å². The quantitative estimate of drug-likeness (QED) is 0.377. The van der Waals surface area contributed by atoms with Crippen LogP contribution in [0.1, 0.15) is 27.0 Å². The molecule has 0 saturated carbocycles. The highest BCUT2D eigenvalue weighted by molar-refractivity contribution is 6.35. The van der Waals surface area contributed by atoms with Crippen LogP contribution in [0.3, 0.4) is 0 Å². The maximum Gasteiger partial charge on any atom is 0.231 e. The SMILES string of the molecule is COc1ccc(OC)c(/C=C2\Oc3c(ccc4c3CN(CCc3ccc(Cl)cc3Cl)CO4)C2=O)c1. The number of hydrogen-bond acceptors (Lipinski definition) is 6. The molecule has 180 valence electrons. The Kier molecular flexibility index (Phi) is 6.60. The fraction of sp³-hybridized carbons (Fsp3) is 0.222. The Morgan fingerprint density at radius 2 is 1.91 bits per heavy atom. The predicted octanol–water partition coefficient (Wildman–Crippen LogP) is 6.02. The van der Waals surface area contributed by atoms with Gasteiger partial charge in [-0.3, -0.25) is 9.69 Å². The maximum atomic E-state index is 13.2. The molecule has 3 aromatic rings. The molecule has 2 aliphatic heterocycles. The molecule has 5 rings (SSSR count). The third-order valence-electron chi connectivity index (χ3n) is 6.12. The van der Waals surface area contributed by atoms with Gasteiger partial charge in [0.1, 0.15) is 29.7 Å². The lowest BCUT2D eigenvalue weighted by atomic mass is 10.0. The lowest BCUT2D eigenvalue weighted by Crippen LogP contribution is -2.33. The Morgan fingerprint density at radius 1 is 1.06 bits per heavy atom. The molecule has 0 saturated heterocycles. The predicted molar refractivity (Wildman–Crippen MR) is 135 cm³/mol. The second kappa shape index (κ2) is 9.82. The Hall–Kier alpha value is -3.19. The first-order chi connectivity index (χ1) is 17.0. The van der Waals surface area contributed by atoms with Crippen LogP contribution in [0.15, 0.2) is 54.3 Å². The molecular weight excluding hydrogens is 489 g/mol. The molecule has 0 bridgehead atoms. The van der Waals surface area contributed by atoms with Crippen LogP contribution in [0.4, 0.5) is 0 Å². The van der Waals surface area contributed by atoms with Crippen LogP contribution in [0.2, 0.25) is 10.0 Å². The van der Waals surface area contributed by atoms with Crippen molar-refractivity contribution < 1.29 is 23.7 Å². The van der Waals surface area contributed by atoms with E-state index < -0.39 is 0 Å². The van der Waals surface area contributed by atoms with Crippen molar-refractivity contribution in [1.29, 1.82) is 0 Å². The van der Waals surface area contributed by atoms with Crippen molar-refractivity contribution in [2.24, 2.45) is 0 Å². The van der Waals surface area contributed by atoms with Crippen molar-refractivity contribution in [3.63, 3.8) is 0 Å². The van der Waals surface area contributed by atoms with Gasteiger partial charge in [-0.25, -0.2) is 0 Å². The molecule has 0 N–H and O–H groups in total. The van der Waals surface area contributed by atoms with Crippen molar-refractivity contribution in [2.45, 2.75) is 13.0 Å². The van der Waals surface area contributed by atoms with E-state index in [1.54, 1.807) is 50.6 Å². The summed E-state index contributed by atoms with van der Waals surface area (Å²) in [4.78, 5) is 15.3. The summed E-state index contributed by atoms with van der Waals surface area (Å²) in [6.45, 7) is 1.75. The van der Waals surface area contributed by atoms with E-state index in [9.17, 15) is 4.79 Å². The van der Waals surface area contributed by atoms with E-state index in [2.05, 4.69) is 4.90 Å². The number of rotatable bonds is 6. The number of fused-ring (bicyclic) bond motifs is 3. The highest BCUT2D eigenvalue weighted by Crippen LogP contribution is 2.42. The monoisotopic (exact) mass is 511 g/mol. The first kappa shape index (κ1) is 23.5. The number of hydrogen-bond donors (Lipinski definition) is 0. The largest absolute Gasteiger partial charge is 0.497 e. The number of carbonyl (C=O) groups is 1. The summed E-state index contributed by atoms with van der Waals surface area (Å²) >= 11 is 12.3. The summed E-state index contributed by atoms with van der Waals surface area (Å²) in [6.07, 6.45) is 2.42. The first-order valence-electron chi connectivity index (χ1n) is 11.1. The van der Waals surface area contributed by atoms with Crippen LogP contribution in [-0.4, -0.2) is 38.2 Å². The van der Waals surface area contributed by atoms with Crippen LogP contribution < -0.4 is 18.9 Å². The molecule has 0 atom stereocenters. The standard InChI is InChI=1S/C27H23Cl2NO5/c1-32-19-5-7-23(33-2)17(11-19)12-25-26(31)20-6-8-24-21(27(20)35-25)14-30(15-34-24)10-9-16-3-4-18(28)13-22(16)29/h3-8,11-13H,9-10,14-15H2,1-2H3/b25-12-. The van der Waals surface area contributed by atoms with Crippen molar-refractivity contribution in [3.8, 4) is 23.0 Å². The Labute approximate surface area is 213 Å². The van der Waals surface area contributed by atoms with Gasteiger partial charge in [0.05, 0.1) is 25.3 Å². The minimum atomic E-state index is -0.183. The van der Waals surface area contributed by atoms with Crippen molar-refractivity contribution in [3.05, 3.63) is 86.6 Å². The number of ketones is 1. The molecule has 8 heteroatoms. The van der Waals surface area contributed by atoms with E-state index in [0.717, 1.165) is 29.8 Å². The summed E-state index contributed by atoms with van der Waals surface area (Å²) in [5, 5.41) is 1.26. The average Bonchev–Trinajstić information content (AvgIpc) is 3.18. The zero-order valence-corrected chi connectivity index (χ0v) is 20.8. The second-order valence-electron chi connectivity index (χ2n) is 8.28. The maximum absolute atomic E-state index is 13.2. The van der Waals surface area contributed by atoms with Gasteiger partial charge in [0.15, 0.2) is 5.76 Å². The molecule has 2 heterocycles. The van der Waals surface area contributed by atoms with Gasteiger partial charge >= 0.3 is 0 Å². The van der Waals surface area contributed by atoms with Gasteiger partial charge in [0, 0.05) is 28.7 Å². The number of Topliss-reactive ketones (excluding diaryl/α,β-unsaturated/α-hetero) is 1. The molecular formula is C27H23Cl2NO5. The second-order valence-corrected chi connectivity index (χ2v) is 9.12. The molecule has 0 unspecified atom stereocenters. The topological polar surface area (TPSA) is 57.2 Å².